The van der Waals surface area contributed by atoms with E-state index in [0.717, 1.165) is 6.20 Å². The van der Waals surface area contributed by atoms with Gasteiger partial charge in [0.1, 0.15) is 40.7 Å². The number of H-pyrrole nitrogens is 1. The molecule has 1 aliphatic heterocycles. The summed E-state index contributed by atoms with van der Waals surface area (Å²) in [4.78, 5) is 19.3. The standard InChI is InChI=1S/C26H23ClF2N8O2/c1-10-5-16-15(8-32-36-16)17(19(10)27)21-20(29)22-18-24(35-26(34-22)38-4)37(11(2)9-39-25(18)33-21)12(3)14-6-13(28)7-31-23(14)30/h5-8,11-12H,9H2,1-4H3,(H2,30,31)(H,32,36)/t11-,12?/m0/s1. The van der Waals surface area contributed by atoms with Gasteiger partial charge in [-0.15, -0.1) is 0 Å². The lowest BCUT2D eigenvalue weighted by Crippen LogP contribution is -2.39. The Labute approximate surface area is 226 Å². The average Bonchev–Trinajstić information content (AvgIpc) is 3.32. The van der Waals surface area contributed by atoms with E-state index in [-0.39, 0.29) is 47.0 Å². The van der Waals surface area contributed by atoms with Gasteiger partial charge in [-0.05, 0) is 38.5 Å². The van der Waals surface area contributed by atoms with E-state index in [1.54, 1.807) is 6.20 Å². The van der Waals surface area contributed by atoms with E-state index in [9.17, 15) is 4.39 Å². The van der Waals surface area contributed by atoms with Crippen LogP contribution in [0.15, 0.2) is 24.5 Å². The third kappa shape index (κ3) is 3.85. The van der Waals surface area contributed by atoms with Crippen molar-refractivity contribution in [2.75, 3.05) is 24.4 Å². The first-order chi connectivity index (χ1) is 18.7. The lowest BCUT2D eigenvalue weighted by molar-refractivity contribution is 0.282. The number of nitrogens with zero attached hydrogens (tertiary/aromatic N) is 6. The molecular weight excluding hydrogens is 530 g/mol. The van der Waals surface area contributed by atoms with Gasteiger partial charge in [0, 0.05) is 16.5 Å². The first-order valence-electron chi connectivity index (χ1n) is 12.1. The maximum absolute atomic E-state index is 16.5. The molecule has 1 aromatic carbocycles. The zero-order chi connectivity index (χ0) is 27.6. The molecule has 0 saturated heterocycles. The van der Waals surface area contributed by atoms with E-state index >= 15 is 4.39 Å². The van der Waals surface area contributed by atoms with E-state index in [1.165, 1.54) is 13.2 Å². The van der Waals surface area contributed by atoms with Gasteiger partial charge in [-0.1, -0.05) is 11.6 Å². The van der Waals surface area contributed by atoms with Crippen LogP contribution in [-0.4, -0.2) is 49.9 Å². The molecule has 0 aliphatic carbocycles. The van der Waals surface area contributed by atoms with Crippen LogP contribution >= 0.6 is 11.6 Å². The molecule has 0 amide bonds. The van der Waals surface area contributed by atoms with E-state index < -0.39 is 17.7 Å². The van der Waals surface area contributed by atoms with Gasteiger partial charge in [0.05, 0.1) is 42.1 Å². The molecule has 2 atom stereocenters. The number of anilines is 2. The molecule has 0 bridgehead atoms. The van der Waals surface area contributed by atoms with Crippen LogP contribution in [-0.2, 0) is 0 Å². The number of halogens is 3. The Morgan fingerprint density at radius 2 is 2.03 bits per heavy atom. The number of benzene rings is 1. The Morgan fingerprint density at radius 1 is 1.23 bits per heavy atom. The number of aromatic nitrogens is 6. The van der Waals surface area contributed by atoms with Gasteiger partial charge in [0.25, 0.3) is 0 Å². The van der Waals surface area contributed by atoms with Crippen molar-refractivity contribution in [2.24, 2.45) is 0 Å². The number of methoxy groups -OCH3 is 1. The normalized spacial score (nSPS) is 15.9. The number of nitrogens with one attached hydrogen (secondary N) is 1. The maximum Gasteiger partial charge on any atom is 0.318 e. The van der Waals surface area contributed by atoms with Crippen molar-refractivity contribution in [1.29, 1.82) is 0 Å². The van der Waals surface area contributed by atoms with E-state index in [1.807, 2.05) is 31.7 Å². The third-order valence-corrected chi connectivity index (χ3v) is 7.45. The zero-order valence-electron chi connectivity index (χ0n) is 21.4. The molecule has 4 aromatic heterocycles. The second kappa shape index (κ2) is 9.16. The number of ether oxygens (including phenoxy) is 2. The largest absolute Gasteiger partial charge is 0.475 e. The van der Waals surface area contributed by atoms with Crippen LogP contribution in [0.4, 0.5) is 20.4 Å². The molecule has 1 aliphatic rings. The fourth-order valence-corrected chi connectivity index (χ4v) is 5.33. The fourth-order valence-electron chi connectivity index (χ4n) is 5.09. The summed E-state index contributed by atoms with van der Waals surface area (Å²) in [5, 5.41) is 8.15. The van der Waals surface area contributed by atoms with Crippen molar-refractivity contribution in [3.8, 4) is 23.1 Å². The first-order valence-corrected chi connectivity index (χ1v) is 12.5. The highest BCUT2D eigenvalue weighted by molar-refractivity contribution is 6.35. The minimum Gasteiger partial charge on any atom is -0.475 e. The highest BCUT2D eigenvalue weighted by Gasteiger charge is 2.35. The summed E-state index contributed by atoms with van der Waals surface area (Å²) in [6.07, 6.45) is 2.62. The van der Waals surface area contributed by atoms with Gasteiger partial charge in [0.15, 0.2) is 5.82 Å². The third-order valence-electron chi connectivity index (χ3n) is 6.96. The monoisotopic (exact) mass is 552 g/mol. The maximum atomic E-state index is 16.5. The quantitative estimate of drug-likeness (QED) is 0.311. The highest BCUT2D eigenvalue weighted by Crippen LogP contribution is 2.45. The molecule has 5 aromatic rings. The Kier molecular flexibility index (Phi) is 5.87. The topological polar surface area (TPSA) is 128 Å². The van der Waals surface area contributed by atoms with Gasteiger partial charge < -0.3 is 20.1 Å². The van der Waals surface area contributed by atoms with Crippen LogP contribution in [0.25, 0.3) is 33.1 Å². The van der Waals surface area contributed by atoms with Crippen molar-refractivity contribution in [3.63, 3.8) is 0 Å². The Bertz CT molecular complexity index is 1780. The Hall–Kier alpha value is -4.32. The number of aryl methyl sites for hydroxylation is 1. The van der Waals surface area contributed by atoms with Gasteiger partial charge in [-0.25, -0.2) is 18.7 Å². The highest BCUT2D eigenvalue weighted by atomic mass is 35.5. The van der Waals surface area contributed by atoms with Gasteiger partial charge in [-0.3, -0.25) is 5.10 Å². The summed E-state index contributed by atoms with van der Waals surface area (Å²) in [7, 11) is 1.39. The average molecular weight is 553 g/mol. The molecule has 5 heterocycles. The number of hydrogen-bond donors (Lipinski definition) is 2. The number of hydrogen-bond acceptors (Lipinski definition) is 9. The molecule has 13 heteroatoms. The predicted molar refractivity (Wildman–Crippen MR) is 143 cm³/mol. The lowest BCUT2D eigenvalue weighted by atomic mass is 10.0. The second-order valence-electron chi connectivity index (χ2n) is 9.42. The summed E-state index contributed by atoms with van der Waals surface area (Å²) >= 11 is 6.70. The number of aromatic amines is 1. The summed E-state index contributed by atoms with van der Waals surface area (Å²) in [5.41, 5.74) is 8.20. The van der Waals surface area contributed by atoms with Crippen molar-refractivity contribution in [2.45, 2.75) is 32.9 Å². The van der Waals surface area contributed by atoms with E-state index in [0.29, 0.717) is 38.4 Å². The Morgan fingerprint density at radius 3 is 2.79 bits per heavy atom. The zero-order valence-corrected chi connectivity index (χ0v) is 22.1. The molecular formula is C26H23ClF2N8O2. The fraction of sp³-hybridized carbons (Fsp3) is 0.269. The predicted octanol–water partition coefficient (Wildman–Crippen LogP) is 5.14. The minimum atomic E-state index is -0.733. The molecule has 0 saturated carbocycles. The number of fused-ring (bicyclic) bond motifs is 1. The van der Waals surface area contributed by atoms with Gasteiger partial charge >= 0.3 is 6.01 Å². The molecule has 0 spiro atoms. The first kappa shape index (κ1) is 25.0. The van der Waals surface area contributed by atoms with Crippen molar-refractivity contribution < 1.29 is 18.3 Å². The van der Waals surface area contributed by atoms with Gasteiger partial charge in [0.2, 0.25) is 5.88 Å². The van der Waals surface area contributed by atoms with Crippen LogP contribution in [0.3, 0.4) is 0 Å². The lowest BCUT2D eigenvalue weighted by Gasteiger charge is -2.34. The van der Waals surface area contributed by atoms with Crippen molar-refractivity contribution in [1.82, 2.24) is 30.1 Å². The van der Waals surface area contributed by atoms with Crippen LogP contribution in [0.1, 0.15) is 31.0 Å². The van der Waals surface area contributed by atoms with E-state index in [2.05, 4.69) is 30.1 Å². The summed E-state index contributed by atoms with van der Waals surface area (Å²) in [5.74, 6) is -0.677. The molecule has 10 nitrogen and oxygen atoms in total. The smallest absolute Gasteiger partial charge is 0.318 e. The minimum absolute atomic E-state index is 0.0444. The molecule has 1 unspecified atom stereocenters. The molecule has 0 fully saturated rings. The molecule has 200 valence electrons. The van der Waals surface area contributed by atoms with Crippen molar-refractivity contribution >= 4 is 45.0 Å². The summed E-state index contributed by atoms with van der Waals surface area (Å²) < 4.78 is 42.1. The molecule has 6 rings (SSSR count). The molecule has 0 radical (unpaired) electrons. The molecule has 39 heavy (non-hydrogen) atoms. The number of pyridine rings is 2. The number of nitrogen functional groups attached to an aromatic ring is 1. The van der Waals surface area contributed by atoms with Crippen LogP contribution in [0.2, 0.25) is 5.02 Å². The second-order valence-corrected chi connectivity index (χ2v) is 9.80. The number of rotatable bonds is 4. The summed E-state index contributed by atoms with van der Waals surface area (Å²) in [6, 6.07) is 2.23. The molecule has 3 N–H and O–H groups in total. The van der Waals surface area contributed by atoms with E-state index in [4.69, 9.17) is 26.8 Å². The van der Waals surface area contributed by atoms with Crippen molar-refractivity contribution in [3.05, 3.63) is 52.3 Å². The Balaban J connectivity index is 1.65. The summed E-state index contributed by atoms with van der Waals surface area (Å²) in [6.45, 7) is 5.69. The van der Waals surface area contributed by atoms with Crippen LogP contribution in [0, 0.1) is 18.6 Å². The number of nitrogens with two attached hydrogens (primary N) is 1. The SMILES string of the molecule is COc1nc2c3c(nc(-c4c(Cl)c(C)cc5[nH]ncc45)c(F)c3n1)OC[C@H](C)N2C(C)c1cc(F)cnc1N. The van der Waals surface area contributed by atoms with Crippen LogP contribution in [0.5, 0.6) is 11.9 Å². The van der Waals surface area contributed by atoms with Crippen LogP contribution < -0.4 is 20.1 Å². The van der Waals surface area contributed by atoms with Gasteiger partial charge in [-0.2, -0.15) is 15.1 Å².